The molecule has 0 atom stereocenters. The van der Waals surface area contributed by atoms with Crippen molar-refractivity contribution in [1.29, 1.82) is 0 Å². The van der Waals surface area contributed by atoms with Crippen molar-refractivity contribution in [2.75, 3.05) is 18.5 Å². The normalized spacial score (nSPS) is 10.9. The van der Waals surface area contributed by atoms with Crippen LogP contribution >= 0.6 is 0 Å². The Morgan fingerprint density at radius 1 is 0.966 bits per heavy atom. The van der Waals surface area contributed by atoms with Crippen LogP contribution in [0.1, 0.15) is 49.3 Å². The number of amides is 1. The van der Waals surface area contributed by atoms with Gasteiger partial charge < -0.3 is 19.4 Å². The van der Waals surface area contributed by atoms with Gasteiger partial charge >= 0.3 is 0 Å². The molecule has 1 heterocycles. The average molecular weight is 395 g/mol. The van der Waals surface area contributed by atoms with Crippen LogP contribution in [0.2, 0.25) is 0 Å². The van der Waals surface area contributed by atoms with E-state index in [2.05, 4.69) is 41.9 Å². The van der Waals surface area contributed by atoms with Crippen LogP contribution in [-0.2, 0) is 13.0 Å². The lowest BCUT2D eigenvalue weighted by Crippen LogP contribution is -2.18. The van der Waals surface area contributed by atoms with Crippen molar-refractivity contribution in [1.82, 2.24) is 4.57 Å². The van der Waals surface area contributed by atoms with E-state index in [1.165, 1.54) is 5.56 Å². The molecular weight excluding hydrogens is 364 g/mol. The van der Waals surface area contributed by atoms with Gasteiger partial charge in [-0.3, -0.25) is 4.79 Å². The van der Waals surface area contributed by atoms with E-state index in [1.807, 2.05) is 39.0 Å². The minimum absolute atomic E-state index is 0.120. The quantitative estimate of drug-likeness (QED) is 0.542. The highest BCUT2D eigenvalue weighted by Crippen LogP contribution is 2.32. The lowest BCUT2D eigenvalue weighted by molar-refractivity contribution is 0.101. The predicted octanol–water partition coefficient (Wildman–Crippen LogP) is 5.58. The number of fused-ring (bicyclic) bond motifs is 1. The number of ether oxygens (including phenoxy) is 2. The minimum Gasteiger partial charge on any atom is -0.490 e. The summed E-state index contributed by atoms with van der Waals surface area (Å²) >= 11 is 0. The highest BCUT2D eigenvalue weighted by atomic mass is 16.5. The number of nitrogens with zero attached hydrogens (tertiary/aromatic N) is 1. The SMILES string of the molecule is CCOc1ccc(NC(=O)c2c(C)c3cc(CC)ccc3n2CC)cc1OCC. The minimum atomic E-state index is -0.120. The van der Waals surface area contributed by atoms with E-state index >= 15 is 0 Å². The summed E-state index contributed by atoms with van der Waals surface area (Å²) in [5.74, 6) is 1.19. The number of rotatable bonds is 8. The van der Waals surface area contributed by atoms with Gasteiger partial charge in [0.1, 0.15) is 5.69 Å². The van der Waals surface area contributed by atoms with E-state index in [4.69, 9.17) is 9.47 Å². The second-order valence-electron chi connectivity index (χ2n) is 6.90. The summed E-state index contributed by atoms with van der Waals surface area (Å²) < 4.78 is 13.4. The van der Waals surface area contributed by atoms with Gasteiger partial charge in [0.2, 0.25) is 0 Å². The van der Waals surface area contributed by atoms with Crippen LogP contribution in [0.4, 0.5) is 5.69 Å². The molecule has 1 aromatic heterocycles. The van der Waals surface area contributed by atoms with Crippen LogP contribution in [0.25, 0.3) is 10.9 Å². The van der Waals surface area contributed by atoms with E-state index in [0.717, 1.165) is 29.4 Å². The first-order valence-corrected chi connectivity index (χ1v) is 10.4. The zero-order valence-corrected chi connectivity index (χ0v) is 18.0. The van der Waals surface area contributed by atoms with Gasteiger partial charge in [-0.2, -0.15) is 0 Å². The lowest BCUT2D eigenvalue weighted by Gasteiger charge is -2.14. The van der Waals surface area contributed by atoms with Crippen LogP contribution in [0.5, 0.6) is 11.5 Å². The number of carbonyl (C=O) groups excluding carboxylic acids is 1. The molecule has 29 heavy (non-hydrogen) atoms. The van der Waals surface area contributed by atoms with Gasteiger partial charge in [0.15, 0.2) is 11.5 Å². The number of aryl methyl sites for hydroxylation is 3. The molecule has 0 aliphatic heterocycles. The molecule has 1 amide bonds. The molecule has 0 bridgehead atoms. The Morgan fingerprint density at radius 3 is 2.34 bits per heavy atom. The number of anilines is 1. The van der Waals surface area contributed by atoms with E-state index in [0.29, 0.717) is 36.1 Å². The van der Waals surface area contributed by atoms with Crippen molar-refractivity contribution in [2.24, 2.45) is 0 Å². The van der Waals surface area contributed by atoms with E-state index in [1.54, 1.807) is 0 Å². The first-order valence-electron chi connectivity index (χ1n) is 10.4. The zero-order chi connectivity index (χ0) is 21.0. The maximum absolute atomic E-state index is 13.2. The van der Waals surface area contributed by atoms with Gasteiger partial charge in [0.05, 0.1) is 13.2 Å². The van der Waals surface area contributed by atoms with Crippen LogP contribution in [-0.4, -0.2) is 23.7 Å². The third kappa shape index (κ3) is 4.09. The fraction of sp³-hybridized carbons (Fsp3) is 0.375. The Morgan fingerprint density at radius 2 is 1.69 bits per heavy atom. The molecule has 5 heteroatoms. The van der Waals surface area contributed by atoms with Crippen LogP contribution in [0.3, 0.4) is 0 Å². The van der Waals surface area contributed by atoms with Crippen LogP contribution < -0.4 is 14.8 Å². The number of carbonyl (C=O) groups is 1. The summed E-state index contributed by atoms with van der Waals surface area (Å²) in [7, 11) is 0. The topological polar surface area (TPSA) is 52.5 Å². The number of aromatic nitrogens is 1. The first kappa shape index (κ1) is 20.8. The third-order valence-electron chi connectivity index (χ3n) is 5.12. The predicted molar refractivity (Wildman–Crippen MR) is 118 cm³/mol. The standard InChI is InChI=1S/C24H30N2O3/c1-6-17-10-12-20-19(14-17)16(5)23(26(20)7-2)24(27)25-18-11-13-21(28-8-3)22(15-18)29-9-4/h10-15H,6-9H2,1-5H3,(H,25,27). The van der Waals surface area contributed by atoms with Gasteiger partial charge in [-0.05, 0) is 69.5 Å². The molecule has 0 radical (unpaired) electrons. The van der Waals surface area contributed by atoms with Gasteiger partial charge in [-0.15, -0.1) is 0 Å². The second-order valence-corrected chi connectivity index (χ2v) is 6.90. The molecule has 0 saturated heterocycles. The van der Waals surface area contributed by atoms with Crippen molar-refractivity contribution in [3.63, 3.8) is 0 Å². The van der Waals surface area contributed by atoms with Crippen molar-refractivity contribution in [3.8, 4) is 11.5 Å². The fourth-order valence-electron chi connectivity index (χ4n) is 3.73. The number of hydrogen-bond acceptors (Lipinski definition) is 3. The molecule has 5 nitrogen and oxygen atoms in total. The Hall–Kier alpha value is -2.95. The molecule has 1 N–H and O–H groups in total. The van der Waals surface area contributed by atoms with Crippen LogP contribution in [0.15, 0.2) is 36.4 Å². The molecule has 0 saturated carbocycles. The van der Waals surface area contributed by atoms with Gasteiger partial charge in [-0.1, -0.05) is 13.0 Å². The van der Waals surface area contributed by atoms with Crippen molar-refractivity contribution in [2.45, 2.75) is 47.6 Å². The molecule has 0 unspecified atom stereocenters. The summed E-state index contributed by atoms with van der Waals surface area (Å²) in [6, 6.07) is 11.9. The van der Waals surface area contributed by atoms with Crippen molar-refractivity contribution in [3.05, 3.63) is 53.2 Å². The summed E-state index contributed by atoms with van der Waals surface area (Å²) in [6.07, 6.45) is 0.973. The van der Waals surface area contributed by atoms with Crippen molar-refractivity contribution < 1.29 is 14.3 Å². The van der Waals surface area contributed by atoms with Gasteiger partial charge in [-0.25, -0.2) is 0 Å². The molecule has 0 aliphatic carbocycles. The molecule has 154 valence electrons. The van der Waals surface area contributed by atoms with Crippen LogP contribution in [0, 0.1) is 6.92 Å². The smallest absolute Gasteiger partial charge is 0.272 e. The number of nitrogens with one attached hydrogen (secondary N) is 1. The largest absolute Gasteiger partial charge is 0.490 e. The highest BCUT2D eigenvalue weighted by Gasteiger charge is 2.20. The van der Waals surface area contributed by atoms with E-state index < -0.39 is 0 Å². The number of hydrogen-bond donors (Lipinski definition) is 1. The summed E-state index contributed by atoms with van der Waals surface area (Å²) in [4.78, 5) is 13.2. The van der Waals surface area contributed by atoms with Crippen molar-refractivity contribution >= 4 is 22.5 Å². The molecular formula is C24H30N2O3. The number of benzene rings is 2. The van der Waals surface area contributed by atoms with Gasteiger partial charge in [0, 0.05) is 29.2 Å². The van der Waals surface area contributed by atoms with Gasteiger partial charge in [0.25, 0.3) is 5.91 Å². The van der Waals surface area contributed by atoms with E-state index in [9.17, 15) is 4.79 Å². The highest BCUT2D eigenvalue weighted by molar-refractivity contribution is 6.08. The summed E-state index contributed by atoms with van der Waals surface area (Å²) in [5.41, 5.74) is 4.75. The molecule has 0 spiro atoms. The Balaban J connectivity index is 1.98. The molecule has 0 aliphatic rings. The maximum Gasteiger partial charge on any atom is 0.272 e. The Labute approximate surface area is 172 Å². The fourth-order valence-corrected chi connectivity index (χ4v) is 3.73. The second kappa shape index (κ2) is 9.03. The Kier molecular flexibility index (Phi) is 6.47. The molecule has 3 rings (SSSR count). The third-order valence-corrected chi connectivity index (χ3v) is 5.12. The lowest BCUT2D eigenvalue weighted by atomic mass is 10.1. The maximum atomic E-state index is 13.2. The first-order chi connectivity index (χ1) is 14.0. The molecule has 2 aromatic carbocycles. The average Bonchev–Trinajstić information content (AvgIpc) is 3.01. The van der Waals surface area contributed by atoms with E-state index in [-0.39, 0.29) is 5.91 Å². The monoisotopic (exact) mass is 394 g/mol. The molecule has 0 fully saturated rings. The zero-order valence-electron chi connectivity index (χ0n) is 18.0. The Bertz CT molecular complexity index is 1020. The molecule has 3 aromatic rings. The summed E-state index contributed by atoms with van der Waals surface area (Å²) in [5, 5.41) is 4.17. The summed E-state index contributed by atoms with van der Waals surface area (Å²) in [6.45, 7) is 11.9.